The molecule has 0 aliphatic rings. The van der Waals surface area contributed by atoms with Gasteiger partial charge in [-0.3, -0.25) is 0 Å². The summed E-state index contributed by atoms with van der Waals surface area (Å²) in [6.45, 7) is 0. The summed E-state index contributed by atoms with van der Waals surface area (Å²) >= 11 is 0. The standard InChI is InChI=1S/C7H8N2O2/c1-11-7(10)3-2-6-8-4-5-9-6/h2-5H,1H3,(H,8,9)/b3-2-. The van der Waals surface area contributed by atoms with Crippen LogP contribution < -0.4 is 0 Å². The van der Waals surface area contributed by atoms with Crippen LogP contribution >= 0.6 is 0 Å². The predicted molar refractivity (Wildman–Crippen MR) is 39.6 cm³/mol. The van der Waals surface area contributed by atoms with Gasteiger partial charge in [0, 0.05) is 18.5 Å². The Morgan fingerprint density at radius 2 is 2.64 bits per heavy atom. The fourth-order valence-corrected chi connectivity index (χ4v) is 0.584. The van der Waals surface area contributed by atoms with E-state index in [0.29, 0.717) is 5.82 Å². The van der Waals surface area contributed by atoms with E-state index in [9.17, 15) is 4.79 Å². The summed E-state index contributed by atoms with van der Waals surface area (Å²) in [5.41, 5.74) is 0. The summed E-state index contributed by atoms with van der Waals surface area (Å²) in [6, 6.07) is 0. The van der Waals surface area contributed by atoms with Gasteiger partial charge in [0.15, 0.2) is 0 Å². The first-order valence-electron chi connectivity index (χ1n) is 3.08. The van der Waals surface area contributed by atoms with Gasteiger partial charge in [0.25, 0.3) is 0 Å². The van der Waals surface area contributed by atoms with E-state index < -0.39 is 0 Å². The summed E-state index contributed by atoms with van der Waals surface area (Å²) in [7, 11) is 1.33. The summed E-state index contributed by atoms with van der Waals surface area (Å²) < 4.78 is 4.38. The van der Waals surface area contributed by atoms with Gasteiger partial charge in [-0.1, -0.05) is 0 Å². The van der Waals surface area contributed by atoms with Gasteiger partial charge < -0.3 is 9.72 Å². The minimum absolute atomic E-state index is 0.388. The maximum absolute atomic E-state index is 10.6. The quantitative estimate of drug-likeness (QED) is 0.498. The van der Waals surface area contributed by atoms with Crippen molar-refractivity contribution in [3.05, 3.63) is 24.3 Å². The number of aromatic amines is 1. The van der Waals surface area contributed by atoms with Crippen molar-refractivity contribution < 1.29 is 9.53 Å². The van der Waals surface area contributed by atoms with Gasteiger partial charge in [0.05, 0.1) is 7.11 Å². The Morgan fingerprint density at radius 3 is 3.18 bits per heavy atom. The van der Waals surface area contributed by atoms with Crippen molar-refractivity contribution >= 4 is 12.0 Å². The zero-order valence-corrected chi connectivity index (χ0v) is 6.07. The molecular formula is C7H8N2O2. The molecule has 0 aromatic carbocycles. The zero-order valence-electron chi connectivity index (χ0n) is 6.07. The number of carbonyl (C=O) groups excluding carboxylic acids is 1. The van der Waals surface area contributed by atoms with E-state index in [1.807, 2.05) is 0 Å². The Labute approximate surface area is 63.9 Å². The second-order valence-corrected chi connectivity index (χ2v) is 1.83. The Bertz CT molecular complexity index is 251. The molecule has 58 valence electrons. The molecule has 1 heterocycles. The van der Waals surface area contributed by atoms with Crippen LogP contribution in [0.1, 0.15) is 5.82 Å². The van der Waals surface area contributed by atoms with Crippen LogP contribution in [-0.4, -0.2) is 23.0 Å². The minimum Gasteiger partial charge on any atom is -0.466 e. The molecule has 0 bridgehead atoms. The molecule has 4 nitrogen and oxygen atoms in total. The van der Waals surface area contributed by atoms with Gasteiger partial charge in [0.2, 0.25) is 0 Å². The minimum atomic E-state index is -0.388. The fourth-order valence-electron chi connectivity index (χ4n) is 0.584. The van der Waals surface area contributed by atoms with E-state index in [1.165, 1.54) is 13.2 Å². The predicted octanol–water partition coefficient (Wildman–Crippen LogP) is 0.596. The molecule has 0 saturated heterocycles. The van der Waals surface area contributed by atoms with Gasteiger partial charge >= 0.3 is 5.97 Å². The van der Waals surface area contributed by atoms with E-state index in [1.54, 1.807) is 18.5 Å². The molecule has 1 aromatic rings. The molecule has 0 atom stereocenters. The number of aromatic nitrogens is 2. The average molecular weight is 152 g/mol. The third-order valence-corrected chi connectivity index (χ3v) is 1.10. The first-order chi connectivity index (χ1) is 5.33. The van der Waals surface area contributed by atoms with Crippen molar-refractivity contribution in [1.82, 2.24) is 9.97 Å². The molecule has 0 aliphatic carbocycles. The number of carbonyl (C=O) groups is 1. The van der Waals surface area contributed by atoms with Gasteiger partial charge in [-0.15, -0.1) is 0 Å². The third kappa shape index (κ3) is 2.25. The number of imidazole rings is 1. The number of nitrogens with one attached hydrogen (secondary N) is 1. The highest BCUT2D eigenvalue weighted by Gasteiger charge is 1.91. The highest BCUT2D eigenvalue weighted by Crippen LogP contribution is 1.91. The molecule has 0 spiro atoms. The smallest absolute Gasteiger partial charge is 0.330 e. The Balaban J connectivity index is 2.55. The van der Waals surface area contributed by atoms with Crippen LogP contribution in [0.3, 0.4) is 0 Å². The maximum Gasteiger partial charge on any atom is 0.330 e. The molecule has 0 aliphatic heterocycles. The molecule has 0 unspecified atom stereocenters. The third-order valence-electron chi connectivity index (χ3n) is 1.10. The molecular weight excluding hydrogens is 144 g/mol. The fraction of sp³-hybridized carbons (Fsp3) is 0.143. The number of ether oxygens (including phenoxy) is 1. The number of hydrogen-bond donors (Lipinski definition) is 1. The summed E-state index contributed by atoms with van der Waals surface area (Å²) in [6.07, 6.45) is 6.14. The lowest BCUT2D eigenvalue weighted by atomic mass is 10.5. The van der Waals surface area contributed by atoms with E-state index in [2.05, 4.69) is 14.7 Å². The Kier molecular flexibility index (Phi) is 2.43. The second kappa shape index (κ2) is 3.55. The van der Waals surface area contributed by atoms with Crippen LogP contribution in [-0.2, 0) is 9.53 Å². The molecule has 1 rings (SSSR count). The van der Waals surface area contributed by atoms with Crippen LogP contribution in [0, 0.1) is 0 Å². The molecule has 0 radical (unpaired) electrons. The summed E-state index contributed by atoms with van der Waals surface area (Å²) in [5.74, 6) is 0.247. The molecule has 0 fully saturated rings. The highest BCUT2D eigenvalue weighted by atomic mass is 16.5. The van der Waals surface area contributed by atoms with Crippen LogP contribution in [0.25, 0.3) is 6.08 Å². The molecule has 11 heavy (non-hydrogen) atoms. The van der Waals surface area contributed by atoms with Gasteiger partial charge in [0.1, 0.15) is 5.82 Å². The lowest BCUT2D eigenvalue weighted by Gasteiger charge is -1.87. The molecule has 1 aromatic heterocycles. The normalized spacial score (nSPS) is 10.3. The van der Waals surface area contributed by atoms with Crippen LogP contribution in [0.2, 0.25) is 0 Å². The molecule has 0 saturated carbocycles. The average Bonchev–Trinajstić information content (AvgIpc) is 2.52. The molecule has 1 N–H and O–H groups in total. The van der Waals surface area contributed by atoms with Crippen molar-refractivity contribution in [2.24, 2.45) is 0 Å². The van der Waals surface area contributed by atoms with E-state index in [4.69, 9.17) is 0 Å². The number of H-pyrrole nitrogens is 1. The molecule has 0 amide bonds. The van der Waals surface area contributed by atoms with Crippen molar-refractivity contribution in [3.8, 4) is 0 Å². The van der Waals surface area contributed by atoms with Crippen molar-refractivity contribution in [2.45, 2.75) is 0 Å². The first-order valence-corrected chi connectivity index (χ1v) is 3.08. The zero-order chi connectivity index (χ0) is 8.10. The van der Waals surface area contributed by atoms with Crippen molar-refractivity contribution in [3.63, 3.8) is 0 Å². The maximum atomic E-state index is 10.6. The van der Waals surface area contributed by atoms with E-state index >= 15 is 0 Å². The first kappa shape index (κ1) is 7.53. The van der Waals surface area contributed by atoms with Crippen molar-refractivity contribution in [1.29, 1.82) is 0 Å². The Morgan fingerprint density at radius 1 is 1.82 bits per heavy atom. The topological polar surface area (TPSA) is 55.0 Å². The monoisotopic (exact) mass is 152 g/mol. The number of hydrogen-bond acceptors (Lipinski definition) is 3. The lowest BCUT2D eigenvalue weighted by Crippen LogP contribution is -1.93. The molecule has 4 heteroatoms. The van der Waals surface area contributed by atoms with Crippen molar-refractivity contribution in [2.75, 3.05) is 7.11 Å². The number of methoxy groups -OCH3 is 1. The largest absolute Gasteiger partial charge is 0.466 e. The highest BCUT2D eigenvalue weighted by molar-refractivity contribution is 5.86. The van der Waals surface area contributed by atoms with E-state index in [-0.39, 0.29) is 5.97 Å². The van der Waals surface area contributed by atoms with Crippen LogP contribution in [0.5, 0.6) is 0 Å². The number of nitrogens with zero attached hydrogens (tertiary/aromatic N) is 1. The second-order valence-electron chi connectivity index (χ2n) is 1.83. The van der Waals surface area contributed by atoms with E-state index in [0.717, 1.165) is 0 Å². The number of esters is 1. The van der Waals surface area contributed by atoms with Gasteiger partial charge in [-0.25, -0.2) is 9.78 Å². The number of rotatable bonds is 2. The lowest BCUT2D eigenvalue weighted by molar-refractivity contribution is -0.134. The SMILES string of the molecule is COC(=O)/C=C\c1ncc[nH]1. The van der Waals surface area contributed by atoms with Gasteiger partial charge in [-0.2, -0.15) is 0 Å². The van der Waals surface area contributed by atoms with Gasteiger partial charge in [-0.05, 0) is 6.08 Å². The van der Waals surface area contributed by atoms with Crippen LogP contribution in [0.4, 0.5) is 0 Å². The van der Waals surface area contributed by atoms with Crippen LogP contribution in [0.15, 0.2) is 18.5 Å². The summed E-state index contributed by atoms with van der Waals surface area (Å²) in [4.78, 5) is 17.2. The summed E-state index contributed by atoms with van der Waals surface area (Å²) in [5, 5.41) is 0. The Hall–Kier alpha value is -1.58.